The van der Waals surface area contributed by atoms with Crippen molar-refractivity contribution in [1.82, 2.24) is 4.90 Å². The molecular formula is C20H39NO. The van der Waals surface area contributed by atoms with Gasteiger partial charge < -0.3 is 9.64 Å². The molecule has 0 bridgehead atoms. The molecule has 0 radical (unpaired) electrons. The highest BCUT2D eigenvalue weighted by molar-refractivity contribution is 4.95. The Balaban J connectivity index is 0.000000847. The maximum Gasteiger partial charge on any atom is 0.0601 e. The van der Waals surface area contributed by atoms with Gasteiger partial charge in [0.2, 0.25) is 0 Å². The van der Waals surface area contributed by atoms with Crippen LogP contribution in [0.1, 0.15) is 79.1 Å². The van der Waals surface area contributed by atoms with Gasteiger partial charge in [-0.05, 0) is 81.7 Å². The Morgan fingerprint density at radius 3 is 1.95 bits per heavy atom. The molecule has 3 fully saturated rings. The van der Waals surface area contributed by atoms with Gasteiger partial charge >= 0.3 is 0 Å². The molecule has 1 saturated heterocycles. The lowest BCUT2D eigenvalue weighted by Crippen LogP contribution is -2.52. The summed E-state index contributed by atoms with van der Waals surface area (Å²) < 4.78 is 5.42. The summed E-state index contributed by atoms with van der Waals surface area (Å²) in [5.74, 6) is 1.90. The molecule has 22 heavy (non-hydrogen) atoms. The molecule has 0 aromatic heterocycles. The molecule has 2 nitrogen and oxygen atoms in total. The summed E-state index contributed by atoms with van der Waals surface area (Å²) in [7, 11) is 1.86. The van der Waals surface area contributed by atoms with Crippen LogP contribution in [0.4, 0.5) is 0 Å². The molecule has 0 amide bonds. The summed E-state index contributed by atoms with van der Waals surface area (Å²) in [6.45, 7) is 11.5. The highest BCUT2D eigenvalue weighted by Gasteiger charge is 2.42. The molecule has 0 aromatic carbocycles. The minimum Gasteiger partial charge on any atom is -0.381 e. The highest BCUT2D eigenvalue weighted by Crippen LogP contribution is 2.48. The summed E-state index contributed by atoms with van der Waals surface area (Å²) in [6.07, 6.45) is 12.0. The van der Waals surface area contributed by atoms with Gasteiger partial charge in [-0.1, -0.05) is 27.7 Å². The van der Waals surface area contributed by atoms with Gasteiger partial charge in [-0.2, -0.15) is 0 Å². The maximum absolute atomic E-state index is 5.42. The van der Waals surface area contributed by atoms with Crippen LogP contribution in [0.3, 0.4) is 0 Å². The van der Waals surface area contributed by atoms with Crippen LogP contribution in [0, 0.1) is 17.3 Å². The van der Waals surface area contributed by atoms with Gasteiger partial charge in [0.15, 0.2) is 0 Å². The molecule has 1 heterocycles. The van der Waals surface area contributed by atoms with Crippen molar-refractivity contribution in [3.8, 4) is 0 Å². The molecule has 3 rings (SSSR count). The number of hydrogen-bond donors (Lipinski definition) is 0. The Hall–Kier alpha value is -0.0800. The number of hydrogen-bond acceptors (Lipinski definition) is 2. The Kier molecular flexibility index (Phi) is 6.76. The Morgan fingerprint density at radius 2 is 1.50 bits per heavy atom. The van der Waals surface area contributed by atoms with Crippen LogP contribution in [0.2, 0.25) is 0 Å². The normalized spacial score (nSPS) is 32.5. The van der Waals surface area contributed by atoms with E-state index < -0.39 is 0 Å². The van der Waals surface area contributed by atoms with Gasteiger partial charge in [-0.15, -0.1) is 0 Å². The third-order valence-corrected chi connectivity index (χ3v) is 6.81. The van der Waals surface area contributed by atoms with Crippen LogP contribution in [0.25, 0.3) is 0 Å². The second-order valence-corrected chi connectivity index (χ2v) is 8.10. The molecule has 2 saturated carbocycles. The van der Waals surface area contributed by atoms with E-state index in [-0.39, 0.29) is 0 Å². The van der Waals surface area contributed by atoms with Gasteiger partial charge in [0.1, 0.15) is 0 Å². The Labute approximate surface area is 139 Å². The highest BCUT2D eigenvalue weighted by atomic mass is 16.5. The minimum atomic E-state index is 0.553. The summed E-state index contributed by atoms with van der Waals surface area (Å²) in [4.78, 5) is 2.76. The van der Waals surface area contributed by atoms with Gasteiger partial charge in [0, 0.05) is 13.2 Å². The molecule has 3 aliphatic rings. The van der Waals surface area contributed by atoms with Crippen LogP contribution in [0.5, 0.6) is 0 Å². The van der Waals surface area contributed by atoms with E-state index in [0.717, 1.165) is 23.3 Å². The number of rotatable bonds is 3. The zero-order valence-electron chi connectivity index (χ0n) is 15.7. The lowest BCUT2D eigenvalue weighted by atomic mass is 9.63. The zero-order valence-corrected chi connectivity index (χ0v) is 15.7. The average Bonchev–Trinajstić information content (AvgIpc) is 2.51. The molecule has 0 N–H and O–H groups in total. The topological polar surface area (TPSA) is 12.5 Å². The van der Waals surface area contributed by atoms with Crippen LogP contribution in [-0.2, 0) is 4.74 Å². The first-order valence-corrected chi connectivity index (χ1v) is 9.89. The number of methoxy groups -OCH3 is 1. The van der Waals surface area contributed by atoms with E-state index in [1.165, 1.54) is 64.5 Å². The van der Waals surface area contributed by atoms with E-state index >= 15 is 0 Å². The molecule has 1 aliphatic heterocycles. The van der Waals surface area contributed by atoms with Gasteiger partial charge in [-0.25, -0.2) is 0 Å². The van der Waals surface area contributed by atoms with Crippen molar-refractivity contribution in [2.75, 3.05) is 20.2 Å². The molecule has 0 aromatic rings. The fourth-order valence-corrected chi connectivity index (χ4v) is 4.81. The van der Waals surface area contributed by atoms with E-state index in [1.54, 1.807) is 0 Å². The Morgan fingerprint density at radius 1 is 0.955 bits per heavy atom. The van der Waals surface area contributed by atoms with Crippen molar-refractivity contribution in [3.63, 3.8) is 0 Å². The minimum absolute atomic E-state index is 0.553. The van der Waals surface area contributed by atoms with Crippen molar-refractivity contribution in [3.05, 3.63) is 0 Å². The number of likely N-dealkylation sites (tertiary alicyclic amines) is 1. The fourth-order valence-electron chi connectivity index (χ4n) is 4.81. The summed E-state index contributed by atoms with van der Waals surface area (Å²) in [5.41, 5.74) is 0.728. The monoisotopic (exact) mass is 309 g/mol. The molecule has 1 spiro atoms. The largest absolute Gasteiger partial charge is 0.381 e. The van der Waals surface area contributed by atoms with Crippen LogP contribution in [-0.4, -0.2) is 37.2 Å². The number of nitrogens with zero attached hydrogens (tertiary/aromatic N) is 1. The van der Waals surface area contributed by atoms with Crippen LogP contribution in [0.15, 0.2) is 0 Å². The molecule has 130 valence electrons. The van der Waals surface area contributed by atoms with Gasteiger partial charge in [0.25, 0.3) is 0 Å². The quantitative estimate of drug-likeness (QED) is 0.717. The van der Waals surface area contributed by atoms with E-state index in [2.05, 4.69) is 18.7 Å². The maximum atomic E-state index is 5.42. The first kappa shape index (κ1) is 18.3. The van der Waals surface area contributed by atoms with Gasteiger partial charge in [-0.3, -0.25) is 0 Å². The lowest BCUT2D eigenvalue weighted by Gasteiger charge is -2.51. The first-order valence-electron chi connectivity index (χ1n) is 9.89. The number of ether oxygens (including phenoxy) is 1. The Bertz CT molecular complexity index is 304. The van der Waals surface area contributed by atoms with Crippen molar-refractivity contribution < 1.29 is 4.74 Å². The predicted octanol–water partition coefficient (Wildman–Crippen LogP) is 5.12. The SMILES string of the molecule is CC.COC1CC(N2CCC3(CCC(C(C)C)CC3)CC2)C1. The zero-order chi connectivity index (χ0) is 16.2. The third-order valence-electron chi connectivity index (χ3n) is 6.81. The van der Waals surface area contributed by atoms with Crippen molar-refractivity contribution in [1.29, 1.82) is 0 Å². The van der Waals surface area contributed by atoms with E-state index in [4.69, 9.17) is 4.74 Å². The summed E-state index contributed by atoms with van der Waals surface area (Å²) >= 11 is 0. The van der Waals surface area contributed by atoms with E-state index in [9.17, 15) is 0 Å². The smallest absolute Gasteiger partial charge is 0.0601 e. The van der Waals surface area contributed by atoms with Gasteiger partial charge in [0.05, 0.1) is 6.10 Å². The van der Waals surface area contributed by atoms with Crippen molar-refractivity contribution in [2.24, 2.45) is 17.3 Å². The molecule has 0 atom stereocenters. The lowest BCUT2D eigenvalue weighted by molar-refractivity contribution is -0.0524. The summed E-state index contributed by atoms with van der Waals surface area (Å²) in [6, 6.07) is 0.837. The molecule has 2 heteroatoms. The van der Waals surface area contributed by atoms with Crippen molar-refractivity contribution in [2.45, 2.75) is 91.2 Å². The second kappa shape index (κ2) is 8.15. The van der Waals surface area contributed by atoms with E-state index in [1.807, 2.05) is 21.0 Å². The second-order valence-electron chi connectivity index (χ2n) is 8.10. The first-order chi connectivity index (χ1) is 10.6. The van der Waals surface area contributed by atoms with Crippen LogP contribution >= 0.6 is 0 Å². The van der Waals surface area contributed by atoms with Crippen molar-refractivity contribution >= 4 is 0 Å². The van der Waals surface area contributed by atoms with Crippen LogP contribution < -0.4 is 0 Å². The molecular weight excluding hydrogens is 270 g/mol. The fraction of sp³-hybridized carbons (Fsp3) is 1.00. The van der Waals surface area contributed by atoms with E-state index in [0.29, 0.717) is 6.10 Å². The average molecular weight is 310 g/mol. The number of piperidine rings is 1. The molecule has 0 unspecified atom stereocenters. The standard InChI is InChI=1S/C18H33NO.C2H6/c1-14(2)15-4-6-18(7-5-15)8-10-19(11-9-18)16-12-17(13-16)20-3;1-2/h14-17H,4-13H2,1-3H3;1-2H3. The predicted molar refractivity (Wildman–Crippen MR) is 95.2 cm³/mol. The third kappa shape index (κ3) is 4.06. The summed E-state index contributed by atoms with van der Waals surface area (Å²) in [5, 5.41) is 0. The molecule has 2 aliphatic carbocycles.